The summed E-state index contributed by atoms with van der Waals surface area (Å²) in [6.07, 6.45) is 7.73. The number of ether oxygens (including phenoxy) is 1. The van der Waals surface area contributed by atoms with Gasteiger partial charge in [0.15, 0.2) is 15.7 Å². The Bertz CT molecular complexity index is 1470. The normalized spacial score (nSPS) is 17.9. The molecule has 3 unspecified atom stereocenters. The van der Waals surface area contributed by atoms with Crippen LogP contribution >= 0.6 is 11.6 Å². The third-order valence-electron chi connectivity index (χ3n) is 7.60. The monoisotopic (exact) mass is 585 g/mol. The van der Waals surface area contributed by atoms with E-state index in [1.165, 1.54) is 7.11 Å². The van der Waals surface area contributed by atoms with Crippen LogP contribution in [0.25, 0.3) is 0 Å². The molecule has 40 heavy (non-hydrogen) atoms. The van der Waals surface area contributed by atoms with Gasteiger partial charge in [0.2, 0.25) is 5.91 Å². The van der Waals surface area contributed by atoms with Crippen molar-refractivity contribution in [2.45, 2.75) is 75.3 Å². The first-order chi connectivity index (χ1) is 19.1. The lowest BCUT2D eigenvalue weighted by Crippen LogP contribution is -2.42. The molecule has 0 N–H and O–H groups in total. The average molecular weight is 586 g/mol. The first kappa shape index (κ1) is 29.8. The lowest BCUT2D eigenvalue weighted by Gasteiger charge is -2.32. The van der Waals surface area contributed by atoms with Crippen LogP contribution in [0.1, 0.15) is 85.8 Å². The van der Waals surface area contributed by atoms with Gasteiger partial charge < -0.3 is 4.74 Å². The van der Waals surface area contributed by atoms with Crippen LogP contribution in [0, 0.1) is 0 Å². The van der Waals surface area contributed by atoms with Gasteiger partial charge in [0, 0.05) is 36.9 Å². The third-order valence-corrected chi connectivity index (χ3v) is 9.18. The first-order valence-corrected chi connectivity index (χ1v) is 15.9. The van der Waals surface area contributed by atoms with Crippen molar-refractivity contribution in [1.82, 2.24) is 9.78 Å². The summed E-state index contributed by atoms with van der Waals surface area (Å²) in [7, 11) is -2.08. The zero-order chi connectivity index (χ0) is 29.0. The molecule has 0 bridgehead atoms. The molecule has 0 radical (unpaired) electrons. The van der Waals surface area contributed by atoms with Gasteiger partial charge in [0.25, 0.3) is 0 Å². The van der Waals surface area contributed by atoms with Crippen molar-refractivity contribution in [3.05, 3.63) is 76.4 Å². The number of aromatic nitrogens is 2. The van der Waals surface area contributed by atoms with Gasteiger partial charge in [-0.3, -0.25) is 14.4 Å². The van der Waals surface area contributed by atoms with Crippen LogP contribution < -0.4 is 4.90 Å². The van der Waals surface area contributed by atoms with Crippen LogP contribution in [0.3, 0.4) is 0 Å². The molecule has 0 saturated heterocycles. The van der Waals surface area contributed by atoms with Gasteiger partial charge in [-0.1, -0.05) is 56.5 Å². The highest BCUT2D eigenvalue weighted by atomic mass is 35.5. The highest BCUT2D eigenvalue weighted by Crippen LogP contribution is 2.41. The lowest BCUT2D eigenvalue weighted by molar-refractivity contribution is -0.118. The summed E-state index contributed by atoms with van der Waals surface area (Å²) in [5, 5.41) is 5.11. The van der Waals surface area contributed by atoms with Crippen molar-refractivity contribution in [1.29, 1.82) is 0 Å². The van der Waals surface area contributed by atoms with E-state index >= 15 is 0 Å². The largest absolute Gasteiger partial charge is 0.465 e. The molecule has 2 aromatic carbocycles. The van der Waals surface area contributed by atoms with Gasteiger partial charge in [0.05, 0.1) is 28.6 Å². The molecule has 1 heterocycles. The van der Waals surface area contributed by atoms with Gasteiger partial charge in [-0.25, -0.2) is 13.2 Å². The van der Waals surface area contributed by atoms with E-state index in [9.17, 15) is 18.0 Å². The van der Waals surface area contributed by atoms with E-state index in [4.69, 9.17) is 21.4 Å². The van der Waals surface area contributed by atoms with Crippen LogP contribution in [0.2, 0.25) is 5.02 Å². The molecule has 0 spiro atoms. The summed E-state index contributed by atoms with van der Waals surface area (Å²) < 4.78 is 30.9. The fourth-order valence-corrected chi connectivity index (χ4v) is 6.99. The number of esters is 1. The number of hydrogen-bond acceptors (Lipinski definition) is 6. The third kappa shape index (κ3) is 6.25. The molecule has 4 rings (SSSR count). The number of methoxy groups -OCH3 is 1. The van der Waals surface area contributed by atoms with E-state index in [1.807, 2.05) is 47.0 Å². The number of amides is 1. The predicted octanol–water partition coefficient (Wildman–Crippen LogP) is 6.20. The second-order valence-corrected chi connectivity index (χ2v) is 12.6. The van der Waals surface area contributed by atoms with E-state index in [1.54, 1.807) is 24.3 Å². The number of halogens is 1. The Morgan fingerprint density at radius 2 is 1.85 bits per heavy atom. The molecular weight excluding hydrogens is 550 g/mol. The van der Waals surface area contributed by atoms with Gasteiger partial charge in [-0.05, 0) is 54.7 Å². The van der Waals surface area contributed by atoms with Crippen LogP contribution in [0.5, 0.6) is 0 Å². The van der Waals surface area contributed by atoms with E-state index in [-0.39, 0.29) is 39.8 Å². The Morgan fingerprint density at radius 1 is 1.12 bits per heavy atom. The second-order valence-electron chi connectivity index (χ2n) is 10.3. The summed E-state index contributed by atoms with van der Waals surface area (Å²) >= 11 is 6.39. The molecule has 8 nitrogen and oxygen atoms in total. The van der Waals surface area contributed by atoms with E-state index < -0.39 is 9.84 Å². The summed E-state index contributed by atoms with van der Waals surface area (Å²) in [4.78, 5) is 27.2. The quantitative estimate of drug-likeness (QED) is 0.263. The number of benzene rings is 2. The Morgan fingerprint density at radius 3 is 2.45 bits per heavy atom. The van der Waals surface area contributed by atoms with Gasteiger partial charge in [-0.2, -0.15) is 5.10 Å². The minimum atomic E-state index is -3.44. The Balaban J connectivity index is 1.66. The van der Waals surface area contributed by atoms with Gasteiger partial charge in [-0.15, -0.1) is 0 Å². The Kier molecular flexibility index (Phi) is 9.36. The number of rotatable bonds is 10. The maximum atomic E-state index is 13.4. The maximum absolute atomic E-state index is 13.4. The molecule has 10 heteroatoms. The van der Waals surface area contributed by atoms with Crippen molar-refractivity contribution in [2.24, 2.45) is 0 Å². The molecule has 1 fully saturated rings. The zero-order valence-corrected chi connectivity index (χ0v) is 24.9. The zero-order valence-electron chi connectivity index (χ0n) is 23.3. The van der Waals surface area contributed by atoms with Crippen LogP contribution in [0.15, 0.2) is 59.6 Å². The van der Waals surface area contributed by atoms with Crippen molar-refractivity contribution in [3.63, 3.8) is 0 Å². The fraction of sp³-hybridized carbons (Fsp3) is 0.433. The molecule has 1 aromatic heterocycles. The molecule has 0 aliphatic heterocycles. The second kappa shape index (κ2) is 12.6. The molecule has 3 atom stereocenters. The van der Waals surface area contributed by atoms with Crippen molar-refractivity contribution in [2.75, 3.05) is 18.3 Å². The summed E-state index contributed by atoms with van der Waals surface area (Å²) in [6, 6.07) is 14.1. The Hall–Kier alpha value is -3.17. The number of nitrogens with zero attached hydrogens (tertiary/aromatic N) is 3. The highest BCUT2D eigenvalue weighted by molar-refractivity contribution is 7.90. The average Bonchev–Trinajstić information content (AvgIpc) is 3.61. The van der Waals surface area contributed by atoms with Crippen LogP contribution in [-0.2, 0) is 19.4 Å². The Labute approximate surface area is 241 Å². The summed E-state index contributed by atoms with van der Waals surface area (Å²) in [5.41, 5.74) is 2.42. The number of anilines is 1. The van der Waals surface area contributed by atoms with E-state index in [0.717, 1.165) is 49.5 Å². The topological polar surface area (TPSA) is 98.6 Å². The van der Waals surface area contributed by atoms with Crippen molar-refractivity contribution >= 4 is 39.1 Å². The van der Waals surface area contributed by atoms with E-state index in [2.05, 4.69) is 6.92 Å². The highest BCUT2D eigenvalue weighted by Gasteiger charge is 2.37. The first-order valence-electron chi connectivity index (χ1n) is 13.6. The molecule has 1 aliphatic carbocycles. The van der Waals surface area contributed by atoms with Gasteiger partial charge >= 0.3 is 5.97 Å². The number of sulfone groups is 1. The SMILES string of the molecule is CCCC(c1ccc(C(=O)OC)cc1)n1ccc(N(C(=O)CC)C2CCCC2c2ccc(S(C)(=O)=O)c(Cl)c2)n1. The van der Waals surface area contributed by atoms with Crippen molar-refractivity contribution in [3.8, 4) is 0 Å². The maximum Gasteiger partial charge on any atom is 0.337 e. The summed E-state index contributed by atoms with van der Waals surface area (Å²) in [6.45, 7) is 3.95. The smallest absolute Gasteiger partial charge is 0.337 e. The molecule has 1 aliphatic rings. The van der Waals surface area contributed by atoms with Gasteiger partial charge in [0.1, 0.15) is 0 Å². The summed E-state index contributed by atoms with van der Waals surface area (Å²) in [5.74, 6) is 0.196. The van der Waals surface area contributed by atoms with Crippen molar-refractivity contribution < 1.29 is 22.7 Å². The molecular formula is C30H36ClN3O5S. The van der Waals surface area contributed by atoms with Crippen LogP contribution in [0.4, 0.5) is 5.82 Å². The lowest BCUT2D eigenvalue weighted by atomic mass is 9.93. The minimum absolute atomic E-state index is 0.00376. The van der Waals surface area contributed by atoms with E-state index in [0.29, 0.717) is 17.8 Å². The fourth-order valence-electron chi connectivity index (χ4n) is 5.65. The predicted molar refractivity (Wildman–Crippen MR) is 156 cm³/mol. The number of hydrogen-bond donors (Lipinski definition) is 0. The molecule has 1 amide bonds. The number of carbonyl (C=O) groups excluding carboxylic acids is 2. The number of carbonyl (C=O) groups is 2. The minimum Gasteiger partial charge on any atom is -0.465 e. The van der Waals surface area contributed by atoms with Crippen LogP contribution in [-0.4, -0.2) is 49.5 Å². The molecule has 1 saturated carbocycles. The molecule has 3 aromatic rings. The molecule has 214 valence electrons. The standard InChI is InChI=1S/C30H36ClN3O5S/c1-5-8-25(20-11-13-21(14-12-20)30(36)39-3)33-18-17-28(32-33)34(29(35)6-2)26-10-7-9-23(26)22-15-16-27(24(31)19-22)40(4,37)38/h11-19,23,25-26H,5-10H2,1-4H3.